The van der Waals surface area contributed by atoms with E-state index in [4.69, 9.17) is 4.74 Å². The Morgan fingerprint density at radius 3 is 2.65 bits per heavy atom. The van der Waals surface area contributed by atoms with Crippen molar-refractivity contribution in [2.45, 2.75) is 49.7 Å². The van der Waals surface area contributed by atoms with Crippen molar-refractivity contribution >= 4 is 15.9 Å². The third kappa shape index (κ3) is 3.40. The molecule has 1 spiro atoms. The highest BCUT2D eigenvalue weighted by molar-refractivity contribution is 7.89. The zero-order chi connectivity index (χ0) is 19.1. The number of hydrogen-bond acceptors (Lipinski definition) is 4. The second-order valence-corrected chi connectivity index (χ2v) is 9.71. The zero-order valence-electron chi connectivity index (χ0n) is 15.9. The molecule has 3 atom stereocenters. The molecule has 144 valence electrons. The average Bonchev–Trinajstić information content (AvgIpc) is 3.01. The fraction of sp³-hybridized carbons (Fsp3) is 0.632. The average molecular weight is 381 g/mol. The van der Waals surface area contributed by atoms with Crippen LogP contribution in [0.1, 0.15) is 31.7 Å². The van der Waals surface area contributed by atoms with Crippen LogP contribution in [0.4, 0.5) is 0 Å². The first-order valence-electron chi connectivity index (χ1n) is 9.11. The minimum atomic E-state index is -3.50. The van der Waals surface area contributed by atoms with Crippen LogP contribution in [0.2, 0.25) is 0 Å². The van der Waals surface area contributed by atoms with Crippen LogP contribution in [0.5, 0.6) is 0 Å². The Kier molecular flexibility index (Phi) is 5.16. The molecule has 0 N–H and O–H groups in total. The van der Waals surface area contributed by atoms with Crippen molar-refractivity contribution in [1.29, 1.82) is 0 Å². The predicted octanol–water partition coefficient (Wildman–Crippen LogP) is 2.03. The van der Waals surface area contributed by atoms with Crippen molar-refractivity contribution < 1.29 is 17.9 Å². The number of carbonyl (C=O) groups is 1. The van der Waals surface area contributed by atoms with E-state index in [2.05, 4.69) is 0 Å². The largest absolute Gasteiger partial charge is 0.362 e. The Morgan fingerprint density at radius 1 is 1.31 bits per heavy atom. The van der Waals surface area contributed by atoms with Crippen LogP contribution in [0.3, 0.4) is 0 Å². The molecule has 2 fully saturated rings. The predicted molar refractivity (Wildman–Crippen MR) is 99.3 cm³/mol. The monoisotopic (exact) mass is 380 g/mol. The highest BCUT2D eigenvalue weighted by Gasteiger charge is 2.50. The molecule has 2 aliphatic rings. The summed E-state index contributed by atoms with van der Waals surface area (Å²) in [7, 11) is -0.0378. The zero-order valence-corrected chi connectivity index (χ0v) is 16.8. The Hall–Kier alpha value is -1.44. The van der Waals surface area contributed by atoms with Gasteiger partial charge in [0.25, 0.3) is 5.91 Å². The van der Waals surface area contributed by atoms with Gasteiger partial charge in [-0.1, -0.05) is 19.1 Å². The molecule has 1 aromatic rings. The van der Waals surface area contributed by atoms with Gasteiger partial charge in [0.15, 0.2) is 0 Å². The van der Waals surface area contributed by atoms with Gasteiger partial charge < -0.3 is 9.64 Å². The number of hydrogen-bond donors (Lipinski definition) is 0. The standard InChI is InChI=1S/C19H28N2O4S/c1-14-6-5-7-16(12-14)26(23,24)21-11-10-19(15(2)13-21)9-8-17(25-19)18(22)20(3)4/h5-7,12,15,17H,8-11,13H2,1-4H3/t15-,17-,19-/m1/s1. The minimum Gasteiger partial charge on any atom is -0.362 e. The third-order valence-electron chi connectivity index (χ3n) is 5.71. The second kappa shape index (κ2) is 6.94. The summed E-state index contributed by atoms with van der Waals surface area (Å²) >= 11 is 0. The summed E-state index contributed by atoms with van der Waals surface area (Å²) in [6.45, 7) is 4.75. The Bertz CT molecular complexity index is 792. The molecule has 0 saturated carbocycles. The summed E-state index contributed by atoms with van der Waals surface area (Å²) in [5, 5.41) is 0. The van der Waals surface area contributed by atoms with E-state index in [9.17, 15) is 13.2 Å². The van der Waals surface area contributed by atoms with E-state index in [-0.39, 0.29) is 11.8 Å². The summed E-state index contributed by atoms with van der Waals surface area (Å²) in [6.07, 6.45) is 1.71. The maximum atomic E-state index is 13.0. The molecular formula is C19H28N2O4S. The number of carbonyl (C=O) groups excluding carboxylic acids is 1. The maximum absolute atomic E-state index is 13.0. The van der Waals surface area contributed by atoms with Gasteiger partial charge >= 0.3 is 0 Å². The molecule has 7 heteroatoms. The molecule has 1 aromatic carbocycles. The van der Waals surface area contributed by atoms with Gasteiger partial charge in [0.1, 0.15) is 6.10 Å². The van der Waals surface area contributed by atoms with Gasteiger partial charge in [-0.05, 0) is 49.8 Å². The van der Waals surface area contributed by atoms with Crippen molar-refractivity contribution in [1.82, 2.24) is 9.21 Å². The molecule has 0 radical (unpaired) electrons. The number of sulfonamides is 1. The molecule has 26 heavy (non-hydrogen) atoms. The summed E-state index contributed by atoms with van der Waals surface area (Å²) in [6, 6.07) is 7.02. The number of ether oxygens (including phenoxy) is 1. The lowest BCUT2D eigenvalue weighted by Gasteiger charge is -2.43. The fourth-order valence-corrected chi connectivity index (χ4v) is 5.69. The second-order valence-electron chi connectivity index (χ2n) is 7.77. The number of nitrogens with zero attached hydrogens (tertiary/aromatic N) is 2. The highest BCUT2D eigenvalue weighted by atomic mass is 32.2. The third-order valence-corrected chi connectivity index (χ3v) is 7.57. The highest BCUT2D eigenvalue weighted by Crippen LogP contribution is 2.43. The quantitative estimate of drug-likeness (QED) is 0.805. The summed E-state index contributed by atoms with van der Waals surface area (Å²) in [5.74, 6) is 0.0275. The number of likely N-dealkylation sites (N-methyl/N-ethyl adjacent to an activating group) is 1. The number of rotatable bonds is 3. The number of aryl methyl sites for hydroxylation is 1. The maximum Gasteiger partial charge on any atom is 0.251 e. The van der Waals surface area contributed by atoms with Crippen LogP contribution in [0, 0.1) is 12.8 Å². The summed E-state index contributed by atoms with van der Waals surface area (Å²) < 4.78 is 33.7. The number of benzene rings is 1. The molecule has 3 rings (SSSR count). The van der Waals surface area contributed by atoms with Gasteiger partial charge in [0.2, 0.25) is 10.0 Å². The van der Waals surface area contributed by atoms with E-state index in [0.29, 0.717) is 30.8 Å². The van der Waals surface area contributed by atoms with Crippen LogP contribution in [0.25, 0.3) is 0 Å². The van der Waals surface area contributed by atoms with Gasteiger partial charge in [0, 0.05) is 27.2 Å². The Morgan fingerprint density at radius 2 is 2.04 bits per heavy atom. The lowest BCUT2D eigenvalue weighted by molar-refractivity contribution is -0.152. The molecule has 2 heterocycles. The van der Waals surface area contributed by atoms with Crippen LogP contribution in [-0.2, 0) is 19.6 Å². The number of amides is 1. The lowest BCUT2D eigenvalue weighted by atomic mass is 9.81. The molecule has 1 amide bonds. The molecular weight excluding hydrogens is 352 g/mol. The normalized spacial score (nSPS) is 29.8. The molecule has 0 bridgehead atoms. The first-order valence-corrected chi connectivity index (χ1v) is 10.6. The summed E-state index contributed by atoms with van der Waals surface area (Å²) in [4.78, 5) is 14.1. The Balaban J connectivity index is 1.74. The van der Waals surface area contributed by atoms with Gasteiger partial charge in [-0.15, -0.1) is 0 Å². The van der Waals surface area contributed by atoms with Crippen molar-refractivity contribution in [2.75, 3.05) is 27.2 Å². The van der Waals surface area contributed by atoms with E-state index in [0.717, 1.165) is 12.0 Å². The molecule has 6 nitrogen and oxygen atoms in total. The SMILES string of the molecule is Cc1cccc(S(=O)(=O)N2CC[C@]3(CC[C@H](C(=O)N(C)C)O3)[C@H](C)C2)c1. The first-order chi connectivity index (χ1) is 12.2. The molecule has 2 saturated heterocycles. The smallest absolute Gasteiger partial charge is 0.251 e. The molecule has 0 aliphatic carbocycles. The molecule has 0 aromatic heterocycles. The van der Waals surface area contributed by atoms with Crippen LogP contribution >= 0.6 is 0 Å². The van der Waals surface area contributed by atoms with Gasteiger partial charge in [0.05, 0.1) is 10.5 Å². The van der Waals surface area contributed by atoms with Crippen molar-refractivity contribution in [3.05, 3.63) is 29.8 Å². The number of piperidine rings is 1. The molecule has 2 aliphatic heterocycles. The fourth-order valence-electron chi connectivity index (χ4n) is 4.05. The van der Waals surface area contributed by atoms with Crippen molar-refractivity contribution in [2.24, 2.45) is 5.92 Å². The van der Waals surface area contributed by atoms with E-state index in [1.807, 2.05) is 19.9 Å². The topological polar surface area (TPSA) is 66.9 Å². The first kappa shape index (κ1) is 19.3. The van der Waals surface area contributed by atoms with Crippen LogP contribution in [0.15, 0.2) is 29.2 Å². The lowest BCUT2D eigenvalue weighted by Crippen LogP contribution is -2.52. The summed E-state index contributed by atoms with van der Waals surface area (Å²) in [5.41, 5.74) is 0.534. The van der Waals surface area contributed by atoms with Crippen molar-refractivity contribution in [3.8, 4) is 0 Å². The van der Waals surface area contributed by atoms with Gasteiger partial charge in [-0.25, -0.2) is 8.42 Å². The van der Waals surface area contributed by atoms with Crippen LogP contribution in [-0.4, -0.2) is 62.4 Å². The molecule has 0 unspecified atom stereocenters. The Labute approximate surface area is 156 Å². The van der Waals surface area contributed by atoms with Gasteiger partial charge in [-0.2, -0.15) is 4.31 Å². The van der Waals surface area contributed by atoms with Gasteiger partial charge in [-0.3, -0.25) is 4.79 Å². The van der Waals surface area contributed by atoms with E-state index < -0.39 is 21.7 Å². The van der Waals surface area contributed by atoms with E-state index >= 15 is 0 Å². The van der Waals surface area contributed by atoms with E-state index in [1.165, 1.54) is 0 Å². The van der Waals surface area contributed by atoms with Crippen molar-refractivity contribution in [3.63, 3.8) is 0 Å². The van der Waals surface area contributed by atoms with Crippen LogP contribution < -0.4 is 0 Å². The van der Waals surface area contributed by atoms with E-state index in [1.54, 1.807) is 41.5 Å². The minimum absolute atomic E-state index is 0.0103.